The molecule has 144 valence electrons. The average molecular weight is 461 g/mol. The molecule has 0 spiro atoms. The number of rotatable bonds is 5. The number of likely N-dealkylation sites (tertiary alicyclic amines) is 1. The molecule has 1 unspecified atom stereocenters. The minimum absolute atomic E-state index is 0. The van der Waals surface area contributed by atoms with Gasteiger partial charge in [-0.3, -0.25) is 4.68 Å². The van der Waals surface area contributed by atoms with Gasteiger partial charge in [0.05, 0.1) is 12.2 Å². The summed E-state index contributed by atoms with van der Waals surface area (Å²) >= 11 is 0. The van der Waals surface area contributed by atoms with Crippen molar-refractivity contribution in [1.29, 1.82) is 0 Å². The van der Waals surface area contributed by atoms with E-state index in [1.807, 2.05) is 11.7 Å². The van der Waals surface area contributed by atoms with Crippen LogP contribution in [0.1, 0.15) is 63.4 Å². The molecule has 2 heterocycles. The summed E-state index contributed by atoms with van der Waals surface area (Å²) in [5.74, 6) is 1.06. The van der Waals surface area contributed by atoms with Crippen molar-refractivity contribution in [1.82, 2.24) is 20.0 Å². The van der Waals surface area contributed by atoms with Crippen molar-refractivity contribution >= 4 is 29.9 Å². The maximum absolute atomic E-state index is 4.95. The summed E-state index contributed by atoms with van der Waals surface area (Å²) < 4.78 is 1.95. The molecule has 1 N–H and O–H groups in total. The molecular weight excluding hydrogens is 425 g/mol. The molecule has 5 nitrogen and oxygen atoms in total. The van der Waals surface area contributed by atoms with Gasteiger partial charge in [-0.15, -0.1) is 24.0 Å². The molecule has 1 aliphatic heterocycles. The minimum atomic E-state index is 0. The monoisotopic (exact) mass is 461 g/mol. The van der Waals surface area contributed by atoms with Crippen LogP contribution >= 0.6 is 24.0 Å². The Morgan fingerprint density at radius 1 is 1.32 bits per heavy atom. The Labute approximate surface area is 170 Å². The Balaban J connectivity index is 0.00000312. The van der Waals surface area contributed by atoms with Gasteiger partial charge < -0.3 is 10.2 Å². The van der Waals surface area contributed by atoms with Gasteiger partial charge in [-0.1, -0.05) is 20.3 Å². The van der Waals surface area contributed by atoms with Crippen molar-refractivity contribution in [3.05, 3.63) is 17.0 Å². The first kappa shape index (κ1) is 22.3. The Bertz CT molecular complexity index is 577. The molecule has 0 radical (unpaired) electrons. The van der Waals surface area contributed by atoms with E-state index in [9.17, 15) is 0 Å². The highest BCUT2D eigenvalue weighted by Crippen LogP contribution is 2.34. The quantitative estimate of drug-likeness (QED) is 0.409. The fourth-order valence-corrected chi connectivity index (χ4v) is 3.93. The second kappa shape index (κ2) is 9.78. The van der Waals surface area contributed by atoms with Crippen LogP contribution in [0.3, 0.4) is 0 Å². The predicted octanol–water partition coefficient (Wildman–Crippen LogP) is 4.02. The molecule has 1 atom stereocenters. The minimum Gasteiger partial charge on any atom is -0.357 e. The standard InChI is InChI=1S/C19H35N5.HI/c1-7-10-19(5)11-9-12-24(14-19)18(20-8-2)21-13-17-15(3)22-23(6)16(17)4;/h7-14H2,1-6H3,(H,20,21);1H. The highest BCUT2D eigenvalue weighted by atomic mass is 127. The summed E-state index contributed by atoms with van der Waals surface area (Å²) in [5, 5.41) is 8.00. The van der Waals surface area contributed by atoms with E-state index >= 15 is 0 Å². The lowest BCUT2D eigenvalue weighted by atomic mass is 9.78. The normalized spacial score (nSPS) is 21.2. The number of aromatic nitrogens is 2. The number of hydrogen-bond acceptors (Lipinski definition) is 2. The molecule has 0 aromatic carbocycles. The molecule has 1 aromatic heterocycles. The lowest BCUT2D eigenvalue weighted by Gasteiger charge is -2.42. The molecular formula is C19H36IN5. The average Bonchev–Trinajstić information content (AvgIpc) is 2.77. The SMILES string of the molecule is CCCC1(C)CCCN(C(=NCc2c(C)nn(C)c2C)NCC)C1.I. The first-order valence-corrected chi connectivity index (χ1v) is 9.42. The van der Waals surface area contributed by atoms with Crippen LogP contribution in [-0.4, -0.2) is 40.3 Å². The number of aryl methyl sites for hydroxylation is 2. The van der Waals surface area contributed by atoms with Gasteiger partial charge in [0.1, 0.15) is 0 Å². The molecule has 1 fully saturated rings. The molecule has 6 heteroatoms. The van der Waals surface area contributed by atoms with Crippen LogP contribution in [0.15, 0.2) is 4.99 Å². The summed E-state index contributed by atoms with van der Waals surface area (Å²) in [6.07, 6.45) is 5.14. The van der Waals surface area contributed by atoms with Crippen LogP contribution in [0.5, 0.6) is 0 Å². The zero-order valence-corrected chi connectivity index (χ0v) is 19.2. The summed E-state index contributed by atoms with van der Waals surface area (Å²) in [6.45, 7) is 14.9. The second-order valence-electron chi connectivity index (χ2n) is 7.53. The van der Waals surface area contributed by atoms with Crippen molar-refractivity contribution in [2.45, 2.75) is 66.8 Å². The molecule has 0 bridgehead atoms. The summed E-state index contributed by atoms with van der Waals surface area (Å²) in [6, 6.07) is 0. The third-order valence-corrected chi connectivity index (χ3v) is 5.31. The summed E-state index contributed by atoms with van der Waals surface area (Å²) in [4.78, 5) is 7.41. The number of piperidine rings is 1. The summed E-state index contributed by atoms with van der Waals surface area (Å²) in [7, 11) is 2.00. The van der Waals surface area contributed by atoms with E-state index in [1.165, 1.54) is 36.9 Å². The predicted molar refractivity (Wildman–Crippen MR) is 117 cm³/mol. The first-order chi connectivity index (χ1) is 11.4. The van der Waals surface area contributed by atoms with E-state index in [1.54, 1.807) is 0 Å². The molecule has 1 aliphatic rings. The zero-order valence-electron chi connectivity index (χ0n) is 16.9. The van der Waals surface area contributed by atoms with Crippen LogP contribution in [-0.2, 0) is 13.6 Å². The van der Waals surface area contributed by atoms with E-state index in [0.29, 0.717) is 12.0 Å². The third-order valence-electron chi connectivity index (χ3n) is 5.31. The Hall–Kier alpha value is -0.790. The van der Waals surface area contributed by atoms with Gasteiger partial charge in [0.15, 0.2) is 5.96 Å². The highest BCUT2D eigenvalue weighted by molar-refractivity contribution is 14.0. The molecule has 25 heavy (non-hydrogen) atoms. The molecule has 0 saturated carbocycles. The van der Waals surface area contributed by atoms with Gasteiger partial charge in [0.2, 0.25) is 0 Å². The smallest absolute Gasteiger partial charge is 0.194 e. The largest absolute Gasteiger partial charge is 0.357 e. The number of nitrogens with zero attached hydrogens (tertiary/aromatic N) is 4. The van der Waals surface area contributed by atoms with Gasteiger partial charge >= 0.3 is 0 Å². The van der Waals surface area contributed by atoms with Gasteiger partial charge in [0.25, 0.3) is 0 Å². The fourth-order valence-electron chi connectivity index (χ4n) is 3.93. The van der Waals surface area contributed by atoms with Crippen LogP contribution < -0.4 is 5.32 Å². The molecule has 2 rings (SSSR count). The lowest BCUT2D eigenvalue weighted by molar-refractivity contribution is 0.142. The van der Waals surface area contributed by atoms with E-state index in [0.717, 1.165) is 31.3 Å². The van der Waals surface area contributed by atoms with E-state index in [4.69, 9.17) is 4.99 Å². The summed E-state index contributed by atoms with van der Waals surface area (Å²) in [5.41, 5.74) is 3.97. The van der Waals surface area contributed by atoms with Crippen LogP contribution in [0.25, 0.3) is 0 Å². The van der Waals surface area contributed by atoms with E-state index in [-0.39, 0.29) is 24.0 Å². The van der Waals surface area contributed by atoms with Crippen molar-refractivity contribution in [3.63, 3.8) is 0 Å². The van der Waals surface area contributed by atoms with Gasteiger partial charge in [0, 0.05) is 37.9 Å². The van der Waals surface area contributed by atoms with E-state index in [2.05, 4.69) is 49.9 Å². The van der Waals surface area contributed by atoms with Gasteiger partial charge in [-0.25, -0.2) is 4.99 Å². The van der Waals surface area contributed by atoms with E-state index < -0.39 is 0 Å². The Kier molecular flexibility index (Phi) is 8.71. The van der Waals surface area contributed by atoms with Gasteiger partial charge in [-0.2, -0.15) is 5.10 Å². The van der Waals surface area contributed by atoms with Gasteiger partial charge in [-0.05, 0) is 45.4 Å². The number of guanidine groups is 1. The van der Waals surface area contributed by atoms with Crippen molar-refractivity contribution in [2.24, 2.45) is 17.5 Å². The maximum Gasteiger partial charge on any atom is 0.194 e. The van der Waals surface area contributed by atoms with Crippen molar-refractivity contribution in [3.8, 4) is 0 Å². The lowest BCUT2D eigenvalue weighted by Crippen LogP contribution is -2.49. The van der Waals surface area contributed by atoms with Crippen molar-refractivity contribution in [2.75, 3.05) is 19.6 Å². The van der Waals surface area contributed by atoms with Crippen LogP contribution in [0.4, 0.5) is 0 Å². The number of aliphatic imine (C=N–C) groups is 1. The topological polar surface area (TPSA) is 45.5 Å². The molecule has 0 amide bonds. The van der Waals surface area contributed by atoms with Crippen molar-refractivity contribution < 1.29 is 0 Å². The Morgan fingerprint density at radius 3 is 2.60 bits per heavy atom. The third kappa shape index (κ3) is 5.59. The molecule has 1 saturated heterocycles. The zero-order chi connectivity index (χ0) is 17.7. The Morgan fingerprint density at radius 2 is 2.04 bits per heavy atom. The fraction of sp³-hybridized carbons (Fsp3) is 0.789. The number of halogens is 1. The number of hydrogen-bond donors (Lipinski definition) is 1. The highest BCUT2D eigenvalue weighted by Gasteiger charge is 2.31. The molecule has 0 aliphatic carbocycles. The first-order valence-electron chi connectivity index (χ1n) is 9.42. The second-order valence-corrected chi connectivity index (χ2v) is 7.53. The van der Waals surface area contributed by atoms with Crippen LogP contribution in [0.2, 0.25) is 0 Å². The maximum atomic E-state index is 4.95. The number of nitrogens with one attached hydrogen (secondary N) is 1. The van der Waals surface area contributed by atoms with Crippen LogP contribution in [0, 0.1) is 19.3 Å². The molecule has 1 aromatic rings.